The van der Waals surface area contributed by atoms with Crippen LogP contribution in [-0.2, 0) is 5.41 Å². The maximum atomic E-state index is 2.47. The molecule has 3 heterocycles. The predicted molar refractivity (Wildman–Crippen MR) is 246 cm³/mol. The van der Waals surface area contributed by atoms with Crippen molar-refractivity contribution in [3.8, 4) is 11.4 Å². The first-order chi connectivity index (χ1) is 29.2. The van der Waals surface area contributed by atoms with Gasteiger partial charge in [0.1, 0.15) is 0 Å². The Kier molecular flexibility index (Phi) is 7.36. The highest BCUT2D eigenvalue weighted by Gasteiger charge is 2.46. The summed E-state index contributed by atoms with van der Waals surface area (Å²) in [4.78, 5) is 2.46. The van der Waals surface area contributed by atoms with Gasteiger partial charge in [0.25, 0.3) is 0 Å². The Hall–Kier alpha value is -7.62. The van der Waals surface area contributed by atoms with Crippen molar-refractivity contribution in [1.82, 2.24) is 9.13 Å². The van der Waals surface area contributed by atoms with Gasteiger partial charge in [0.05, 0.1) is 38.9 Å². The molecule has 1 aliphatic rings. The first-order valence-corrected chi connectivity index (χ1v) is 20.4. The molecule has 0 bridgehead atoms. The molecule has 0 saturated carbocycles. The summed E-state index contributed by atoms with van der Waals surface area (Å²) in [5, 5.41) is 5.08. The lowest BCUT2D eigenvalue weighted by Crippen LogP contribution is -2.37. The fourth-order valence-electron chi connectivity index (χ4n) is 10.3. The van der Waals surface area contributed by atoms with Gasteiger partial charge in [-0.05, 0) is 114 Å². The molecule has 0 atom stereocenters. The van der Waals surface area contributed by atoms with E-state index in [-0.39, 0.29) is 0 Å². The summed E-state index contributed by atoms with van der Waals surface area (Å²) in [7, 11) is 0. The molecule has 9 aromatic carbocycles. The van der Waals surface area contributed by atoms with E-state index in [0.717, 1.165) is 17.1 Å². The number of anilines is 3. The highest BCUT2D eigenvalue weighted by molar-refractivity contribution is 6.11. The fourth-order valence-corrected chi connectivity index (χ4v) is 10.3. The molecule has 59 heavy (non-hydrogen) atoms. The Morgan fingerprint density at radius 1 is 0.339 bits per heavy atom. The van der Waals surface area contributed by atoms with E-state index in [0.29, 0.717) is 0 Å². The zero-order chi connectivity index (χ0) is 39.1. The minimum atomic E-state index is -0.601. The zero-order valence-electron chi connectivity index (χ0n) is 32.6. The molecule has 3 nitrogen and oxygen atoms in total. The Balaban J connectivity index is 1.09. The number of aromatic nitrogens is 2. The number of rotatable bonds is 5. The number of aryl methyl sites for hydroxylation is 1. The quantitative estimate of drug-likeness (QED) is 0.171. The average molecular weight is 754 g/mol. The molecule has 0 saturated heterocycles. The number of nitrogens with zero attached hydrogens (tertiary/aromatic N) is 3. The normalized spacial score (nSPS) is 13.3. The van der Waals surface area contributed by atoms with E-state index in [2.05, 4.69) is 239 Å². The molecule has 12 rings (SSSR count). The van der Waals surface area contributed by atoms with Crippen molar-refractivity contribution < 1.29 is 0 Å². The van der Waals surface area contributed by atoms with E-state index < -0.39 is 5.41 Å². The van der Waals surface area contributed by atoms with E-state index in [4.69, 9.17) is 0 Å². The molecule has 1 aliphatic heterocycles. The number of para-hydroxylation sites is 5. The lowest BCUT2D eigenvalue weighted by Gasteiger charge is -2.46. The summed E-state index contributed by atoms with van der Waals surface area (Å²) in [6, 6.07) is 80.4. The topological polar surface area (TPSA) is 13.1 Å². The summed E-state index contributed by atoms with van der Waals surface area (Å²) in [5.74, 6) is 0. The number of hydrogen-bond donors (Lipinski definition) is 0. The largest absolute Gasteiger partial charge is 0.310 e. The summed E-state index contributed by atoms with van der Waals surface area (Å²) in [6.07, 6.45) is 0. The van der Waals surface area contributed by atoms with Gasteiger partial charge in [0.15, 0.2) is 0 Å². The second-order valence-corrected chi connectivity index (χ2v) is 15.7. The molecule has 3 heteroatoms. The highest BCUT2D eigenvalue weighted by Crippen LogP contribution is 2.58. The van der Waals surface area contributed by atoms with Gasteiger partial charge in [0.2, 0.25) is 0 Å². The summed E-state index contributed by atoms with van der Waals surface area (Å²) < 4.78 is 4.81. The van der Waals surface area contributed by atoms with Gasteiger partial charge in [-0.1, -0.05) is 140 Å². The minimum Gasteiger partial charge on any atom is -0.310 e. The first-order valence-electron chi connectivity index (χ1n) is 20.4. The van der Waals surface area contributed by atoms with Crippen LogP contribution in [0.25, 0.3) is 55.0 Å². The first kappa shape index (κ1) is 33.5. The average Bonchev–Trinajstić information content (AvgIpc) is 3.82. The van der Waals surface area contributed by atoms with Crippen LogP contribution in [-0.4, -0.2) is 9.13 Å². The van der Waals surface area contributed by atoms with Crippen molar-refractivity contribution in [3.63, 3.8) is 0 Å². The van der Waals surface area contributed by atoms with Crippen LogP contribution in [0.1, 0.15) is 27.8 Å². The Morgan fingerprint density at radius 2 is 0.847 bits per heavy atom. The number of benzene rings is 9. The van der Waals surface area contributed by atoms with Gasteiger partial charge in [-0.2, -0.15) is 0 Å². The van der Waals surface area contributed by atoms with Gasteiger partial charge < -0.3 is 14.0 Å². The third-order valence-electron chi connectivity index (χ3n) is 12.7. The van der Waals surface area contributed by atoms with E-state index in [9.17, 15) is 0 Å². The third kappa shape index (κ3) is 4.76. The molecule has 0 unspecified atom stereocenters. The van der Waals surface area contributed by atoms with E-state index in [1.54, 1.807) is 0 Å². The van der Waals surface area contributed by atoms with E-state index in [1.807, 2.05) is 0 Å². The number of hydrogen-bond acceptors (Lipinski definition) is 1. The smallest absolute Gasteiger partial charge is 0.0742 e. The molecule has 2 aromatic heterocycles. The van der Waals surface area contributed by atoms with Crippen molar-refractivity contribution in [2.24, 2.45) is 0 Å². The summed E-state index contributed by atoms with van der Waals surface area (Å²) >= 11 is 0. The Labute approximate surface area is 343 Å². The van der Waals surface area contributed by atoms with Crippen molar-refractivity contribution in [3.05, 3.63) is 246 Å². The van der Waals surface area contributed by atoms with Crippen LogP contribution in [0.4, 0.5) is 17.1 Å². The summed E-state index contributed by atoms with van der Waals surface area (Å²) in [6.45, 7) is 2.21. The summed E-state index contributed by atoms with van der Waals surface area (Å²) in [5.41, 5.74) is 16.3. The SMILES string of the molecule is Cc1cccc2c1c1ccccc1n2-c1ccc(N2c3ccccc3C(c3ccccc3)(c3ccc4c(c3)c3ccccc3n4-c3ccccc3)c3ccccc32)cc1. The van der Waals surface area contributed by atoms with Crippen LogP contribution in [0.2, 0.25) is 0 Å². The van der Waals surface area contributed by atoms with Crippen LogP contribution in [0.15, 0.2) is 218 Å². The lowest BCUT2D eigenvalue weighted by atomic mass is 9.62. The van der Waals surface area contributed by atoms with Crippen LogP contribution < -0.4 is 4.90 Å². The second-order valence-electron chi connectivity index (χ2n) is 15.7. The lowest BCUT2D eigenvalue weighted by molar-refractivity contribution is 0.732. The van der Waals surface area contributed by atoms with Gasteiger partial charge in [-0.15, -0.1) is 0 Å². The third-order valence-corrected chi connectivity index (χ3v) is 12.7. The monoisotopic (exact) mass is 753 g/mol. The molecule has 0 spiro atoms. The molecule has 11 aromatic rings. The van der Waals surface area contributed by atoms with Crippen molar-refractivity contribution in [1.29, 1.82) is 0 Å². The highest BCUT2D eigenvalue weighted by atomic mass is 15.2. The van der Waals surface area contributed by atoms with Gasteiger partial charge in [-0.25, -0.2) is 0 Å². The molecular formula is C56H39N3. The zero-order valence-corrected chi connectivity index (χ0v) is 32.6. The molecule has 0 N–H and O–H groups in total. The maximum Gasteiger partial charge on any atom is 0.0742 e. The fraction of sp³-hybridized carbons (Fsp3) is 0.0357. The molecule has 0 aliphatic carbocycles. The molecule has 0 radical (unpaired) electrons. The van der Waals surface area contributed by atoms with Gasteiger partial charge in [0, 0.05) is 38.6 Å². The van der Waals surface area contributed by atoms with Crippen LogP contribution in [0.3, 0.4) is 0 Å². The Bertz CT molecular complexity index is 3340. The van der Waals surface area contributed by atoms with Gasteiger partial charge in [-0.3, -0.25) is 0 Å². The molecular weight excluding hydrogens is 715 g/mol. The molecule has 0 fully saturated rings. The predicted octanol–water partition coefficient (Wildman–Crippen LogP) is 14.4. The number of fused-ring (bicyclic) bond motifs is 8. The van der Waals surface area contributed by atoms with Crippen molar-refractivity contribution >= 4 is 60.7 Å². The van der Waals surface area contributed by atoms with Crippen LogP contribution in [0.5, 0.6) is 0 Å². The van der Waals surface area contributed by atoms with Crippen molar-refractivity contribution in [2.75, 3.05) is 4.90 Å². The van der Waals surface area contributed by atoms with E-state index in [1.165, 1.54) is 82.8 Å². The van der Waals surface area contributed by atoms with Gasteiger partial charge >= 0.3 is 0 Å². The van der Waals surface area contributed by atoms with Crippen LogP contribution in [0, 0.1) is 6.92 Å². The van der Waals surface area contributed by atoms with E-state index >= 15 is 0 Å². The van der Waals surface area contributed by atoms with Crippen molar-refractivity contribution in [2.45, 2.75) is 12.3 Å². The Morgan fingerprint density at radius 3 is 1.56 bits per heavy atom. The minimum absolute atomic E-state index is 0.601. The molecule has 0 amide bonds. The second kappa shape index (κ2) is 13.0. The molecule has 278 valence electrons. The maximum absolute atomic E-state index is 2.47. The van der Waals surface area contributed by atoms with Crippen LogP contribution >= 0.6 is 0 Å². The standard InChI is InChI=1S/C56H39N3/c1-38-17-16-30-54-55(38)45-23-9-13-27-50(45)58(54)42-32-34-43(35-33-42)59-52-28-14-10-24-47(52)56(39-18-4-2-5-19-39,48-25-11-15-29-53(48)59)40-31-36-51-46(37-40)44-22-8-12-26-49(44)57(51)41-20-6-3-7-21-41/h2-37H,1H3.